The van der Waals surface area contributed by atoms with Gasteiger partial charge in [0, 0.05) is 24.7 Å². The summed E-state index contributed by atoms with van der Waals surface area (Å²) in [6.07, 6.45) is 2.69. The molecule has 2 heterocycles. The highest BCUT2D eigenvalue weighted by Crippen LogP contribution is 2.24. The second kappa shape index (κ2) is 9.80. The minimum absolute atomic E-state index is 0.0871. The maximum Gasteiger partial charge on any atom is 0.338 e. The summed E-state index contributed by atoms with van der Waals surface area (Å²) in [6.45, 7) is 2.73. The van der Waals surface area contributed by atoms with Gasteiger partial charge in [-0.25, -0.2) is 18.2 Å². The van der Waals surface area contributed by atoms with Crippen LogP contribution in [0.3, 0.4) is 0 Å². The van der Waals surface area contributed by atoms with Gasteiger partial charge in [0.25, 0.3) is 0 Å². The molecule has 8 nitrogen and oxygen atoms in total. The molecule has 2 aromatic carbocycles. The Hall–Kier alpha value is -2.46. The standard InChI is InChI=1S/C23H26ClN3O5S/c1-16-5-7-18(33(30,31)26-9-3-2-4-10-26)14-19(16)23(29)32-15-22-25-20-8-6-17(24)13-21(20)27(22)11-12-28/h5-8,13-14,28H,2-4,9-12,15H2,1H3. The predicted octanol–water partition coefficient (Wildman–Crippen LogP) is 3.52. The summed E-state index contributed by atoms with van der Waals surface area (Å²) >= 11 is 6.09. The predicted molar refractivity (Wildman–Crippen MR) is 125 cm³/mol. The zero-order valence-electron chi connectivity index (χ0n) is 18.3. The van der Waals surface area contributed by atoms with Gasteiger partial charge in [0.15, 0.2) is 0 Å². The van der Waals surface area contributed by atoms with Crippen LogP contribution in [0.25, 0.3) is 11.0 Å². The number of rotatable bonds is 7. The van der Waals surface area contributed by atoms with E-state index >= 15 is 0 Å². The Morgan fingerprint density at radius 1 is 1.15 bits per heavy atom. The number of nitrogens with zero attached hydrogens (tertiary/aromatic N) is 3. The van der Waals surface area contributed by atoms with Gasteiger partial charge in [0.2, 0.25) is 10.0 Å². The Balaban J connectivity index is 1.57. The quantitative estimate of drug-likeness (QED) is 0.507. The minimum atomic E-state index is -3.67. The van der Waals surface area contributed by atoms with Crippen molar-refractivity contribution in [3.05, 3.63) is 58.4 Å². The van der Waals surface area contributed by atoms with E-state index in [4.69, 9.17) is 16.3 Å². The van der Waals surface area contributed by atoms with Gasteiger partial charge in [-0.3, -0.25) is 0 Å². The molecular formula is C23H26ClN3O5S. The van der Waals surface area contributed by atoms with Gasteiger partial charge in [0.1, 0.15) is 12.4 Å². The number of aliphatic hydroxyl groups is 1. The first-order valence-corrected chi connectivity index (χ1v) is 12.7. The van der Waals surface area contributed by atoms with Crippen molar-refractivity contribution in [3.8, 4) is 0 Å². The molecule has 0 unspecified atom stereocenters. The third kappa shape index (κ3) is 4.91. The summed E-state index contributed by atoms with van der Waals surface area (Å²) in [6, 6.07) is 9.75. The zero-order chi connectivity index (χ0) is 23.6. The van der Waals surface area contributed by atoms with Crippen LogP contribution in [0.5, 0.6) is 0 Å². The van der Waals surface area contributed by atoms with Crippen molar-refractivity contribution in [1.29, 1.82) is 0 Å². The van der Waals surface area contributed by atoms with Crippen LogP contribution in [-0.4, -0.2) is 53.0 Å². The van der Waals surface area contributed by atoms with Crippen molar-refractivity contribution in [1.82, 2.24) is 13.9 Å². The van der Waals surface area contributed by atoms with E-state index in [-0.39, 0.29) is 30.2 Å². The maximum absolute atomic E-state index is 13.0. The molecule has 33 heavy (non-hydrogen) atoms. The number of hydrogen-bond donors (Lipinski definition) is 1. The highest BCUT2D eigenvalue weighted by molar-refractivity contribution is 7.89. The molecule has 0 aliphatic carbocycles. The maximum atomic E-state index is 13.0. The average molecular weight is 492 g/mol. The number of imidazole rings is 1. The minimum Gasteiger partial charge on any atom is -0.454 e. The number of halogens is 1. The molecule has 1 fully saturated rings. The van der Waals surface area contributed by atoms with E-state index < -0.39 is 16.0 Å². The molecule has 1 saturated heterocycles. The molecule has 1 aliphatic rings. The van der Waals surface area contributed by atoms with Crippen molar-refractivity contribution in [2.75, 3.05) is 19.7 Å². The van der Waals surface area contributed by atoms with Crippen molar-refractivity contribution < 1.29 is 23.1 Å². The topological polar surface area (TPSA) is 102 Å². The lowest BCUT2D eigenvalue weighted by atomic mass is 10.1. The number of aliphatic hydroxyl groups excluding tert-OH is 1. The molecule has 1 aromatic heterocycles. The number of carbonyl (C=O) groups is 1. The van der Waals surface area contributed by atoms with Gasteiger partial charge in [-0.05, 0) is 55.7 Å². The summed E-state index contributed by atoms with van der Waals surface area (Å²) in [5.41, 5.74) is 2.22. The molecule has 0 spiro atoms. The summed E-state index contributed by atoms with van der Waals surface area (Å²) in [5.74, 6) is -0.173. The monoisotopic (exact) mass is 491 g/mol. The fraction of sp³-hybridized carbons (Fsp3) is 0.391. The lowest BCUT2D eigenvalue weighted by Gasteiger charge is -2.26. The van der Waals surface area contributed by atoms with Crippen LogP contribution >= 0.6 is 11.6 Å². The molecule has 1 aliphatic heterocycles. The second-order valence-corrected chi connectivity index (χ2v) is 10.4. The van der Waals surface area contributed by atoms with Gasteiger partial charge in [-0.1, -0.05) is 24.1 Å². The van der Waals surface area contributed by atoms with Gasteiger partial charge < -0.3 is 14.4 Å². The van der Waals surface area contributed by atoms with Gasteiger partial charge in [-0.2, -0.15) is 4.31 Å². The molecule has 3 aromatic rings. The van der Waals surface area contributed by atoms with Crippen molar-refractivity contribution in [2.24, 2.45) is 0 Å². The highest BCUT2D eigenvalue weighted by Gasteiger charge is 2.27. The molecule has 1 N–H and O–H groups in total. The molecule has 10 heteroatoms. The number of aromatic nitrogens is 2. The molecule has 0 radical (unpaired) electrons. The summed E-state index contributed by atoms with van der Waals surface area (Å²) in [7, 11) is -3.67. The number of sulfonamides is 1. The number of aryl methyl sites for hydroxylation is 1. The number of piperidine rings is 1. The number of ether oxygens (including phenoxy) is 1. The Bertz CT molecular complexity index is 1280. The van der Waals surface area contributed by atoms with Crippen LogP contribution in [0, 0.1) is 6.92 Å². The Kier molecular flexibility index (Phi) is 7.04. The Morgan fingerprint density at radius 2 is 1.91 bits per heavy atom. The van der Waals surface area contributed by atoms with Crippen LogP contribution < -0.4 is 0 Å². The molecule has 0 bridgehead atoms. The van der Waals surface area contributed by atoms with Crippen LogP contribution in [-0.2, 0) is 27.9 Å². The van der Waals surface area contributed by atoms with Crippen LogP contribution in [0.1, 0.15) is 41.0 Å². The summed E-state index contributed by atoms with van der Waals surface area (Å²) in [5, 5.41) is 9.98. The van der Waals surface area contributed by atoms with E-state index in [0.29, 0.717) is 35.0 Å². The number of hydrogen-bond acceptors (Lipinski definition) is 6. The van der Waals surface area contributed by atoms with Crippen LogP contribution in [0.15, 0.2) is 41.3 Å². The molecule has 4 rings (SSSR count). The lowest BCUT2D eigenvalue weighted by Crippen LogP contribution is -2.35. The fourth-order valence-electron chi connectivity index (χ4n) is 4.05. The zero-order valence-corrected chi connectivity index (χ0v) is 19.9. The third-order valence-electron chi connectivity index (χ3n) is 5.83. The number of fused-ring (bicyclic) bond motifs is 1. The molecule has 0 amide bonds. The summed E-state index contributed by atoms with van der Waals surface area (Å²) in [4.78, 5) is 17.5. The lowest BCUT2D eigenvalue weighted by molar-refractivity contribution is 0.0456. The van der Waals surface area contributed by atoms with Crippen LogP contribution in [0.4, 0.5) is 0 Å². The number of esters is 1. The molecule has 176 valence electrons. The number of benzene rings is 2. The van der Waals surface area contributed by atoms with E-state index in [1.807, 2.05) is 0 Å². The van der Waals surface area contributed by atoms with E-state index in [2.05, 4.69) is 4.98 Å². The van der Waals surface area contributed by atoms with Crippen molar-refractivity contribution in [2.45, 2.75) is 44.2 Å². The fourth-order valence-corrected chi connectivity index (χ4v) is 5.76. The van der Waals surface area contributed by atoms with Gasteiger partial charge in [0.05, 0.1) is 28.1 Å². The van der Waals surface area contributed by atoms with Crippen molar-refractivity contribution in [3.63, 3.8) is 0 Å². The van der Waals surface area contributed by atoms with Gasteiger partial charge in [-0.15, -0.1) is 0 Å². The van der Waals surface area contributed by atoms with E-state index in [9.17, 15) is 18.3 Å². The van der Waals surface area contributed by atoms with Crippen LogP contribution in [0.2, 0.25) is 5.02 Å². The van der Waals surface area contributed by atoms with Crippen molar-refractivity contribution >= 4 is 38.6 Å². The summed E-state index contributed by atoms with van der Waals surface area (Å²) < 4.78 is 34.8. The molecule has 0 saturated carbocycles. The average Bonchev–Trinajstić information content (AvgIpc) is 3.15. The first kappa shape index (κ1) is 23.7. The Morgan fingerprint density at radius 3 is 2.64 bits per heavy atom. The first-order chi connectivity index (χ1) is 15.8. The van der Waals surface area contributed by atoms with E-state index in [0.717, 1.165) is 24.8 Å². The van der Waals surface area contributed by atoms with E-state index in [1.54, 1.807) is 35.8 Å². The third-order valence-corrected chi connectivity index (χ3v) is 7.96. The smallest absolute Gasteiger partial charge is 0.338 e. The van der Waals surface area contributed by atoms with Gasteiger partial charge >= 0.3 is 5.97 Å². The van der Waals surface area contributed by atoms with E-state index in [1.165, 1.54) is 16.4 Å². The molecule has 0 atom stereocenters. The second-order valence-electron chi connectivity index (χ2n) is 8.05. The normalized spacial score (nSPS) is 15.1. The Labute approximate surface area is 197 Å². The number of carbonyl (C=O) groups excluding carboxylic acids is 1. The molecular weight excluding hydrogens is 466 g/mol. The first-order valence-electron chi connectivity index (χ1n) is 10.8. The SMILES string of the molecule is Cc1ccc(S(=O)(=O)N2CCCCC2)cc1C(=O)OCc1nc2ccc(Cl)cc2n1CCO. The highest BCUT2D eigenvalue weighted by atomic mass is 35.5. The largest absolute Gasteiger partial charge is 0.454 e.